The molecule has 114 valence electrons. The first-order valence-corrected chi connectivity index (χ1v) is 6.85. The molecule has 7 N–H and O–H groups in total. The van der Waals surface area contributed by atoms with Crippen molar-refractivity contribution in [3.05, 3.63) is 58.6 Å². The Balaban J connectivity index is 2.07. The highest BCUT2D eigenvalue weighted by molar-refractivity contribution is 6.33. The first-order chi connectivity index (χ1) is 10.5. The van der Waals surface area contributed by atoms with Gasteiger partial charge in [-0.25, -0.2) is 4.99 Å². The molecule has 0 aromatic heterocycles. The zero-order valence-corrected chi connectivity index (χ0v) is 12.5. The second-order valence-corrected chi connectivity index (χ2v) is 5.01. The first kappa shape index (κ1) is 15.7. The molecule has 0 unspecified atom stereocenters. The number of aliphatic imine (C=N–C) groups is 1. The highest BCUT2D eigenvalue weighted by Crippen LogP contribution is 2.25. The molecule has 0 aliphatic rings. The Morgan fingerprint density at radius 3 is 2.50 bits per heavy atom. The predicted molar refractivity (Wildman–Crippen MR) is 89.5 cm³/mol. The normalized spacial score (nSPS) is 11.2. The lowest BCUT2D eigenvalue weighted by molar-refractivity contribution is 0.0977. The van der Waals surface area contributed by atoms with E-state index < -0.39 is 5.91 Å². The minimum atomic E-state index is -0.492. The molecular formula is C15H16ClN5O. The topological polar surface area (TPSA) is 120 Å². The van der Waals surface area contributed by atoms with Crippen LogP contribution in [0, 0.1) is 0 Å². The molecule has 1 amide bonds. The van der Waals surface area contributed by atoms with Crippen molar-refractivity contribution in [3.63, 3.8) is 0 Å². The Labute approximate surface area is 133 Å². The molecule has 0 spiro atoms. The molecule has 0 bridgehead atoms. The van der Waals surface area contributed by atoms with Crippen LogP contribution in [0.15, 0.2) is 47.5 Å². The minimum Gasteiger partial charge on any atom is -0.398 e. The average Bonchev–Trinajstić information content (AvgIpc) is 2.50. The molecule has 2 aromatic carbocycles. The Morgan fingerprint density at radius 2 is 1.82 bits per heavy atom. The quantitative estimate of drug-likeness (QED) is 0.391. The van der Waals surface area contributed by atoms with Crippen LogP contribution in [0.2, 0.25) is 5.02 Å². The van der Waals surface area contributed by atoms with Crippen molar-refractivity contribution in [2.75, 3.05) is 11.5 Å². The van der Waals surface area contributed by atoms with E-state index in [2.05, 4.69) is 10.3 Å². The number of hydrogen-bond donors (Lipinski definition) is 4. The van der Waals surface area contributed by atoms with Gasteiger partial charge in [0.1, 0.15) is 0 Å². The van der Waals surface area contributed by atoms with Crippen LogP contribution >= 0.6 is 11.6 Å². The molecule has 0 fully saturated rings. The summed E-state index contributed by atoms with van der Waals surface area (Å²) in [5.74, 6) is -0.491. The molecule has 0 saturated carbocycles. The van der Waals surface area contributed by atoms with Crippen molar-refractivity contribution >= 4 is 34.8 Å². The van der Waals surface area contributed by atoms with E-state index in [1.54, 1.807) is 0 Å². The Kier molecular flexibility index (Phi) is 4.85. The SMILES string of the molecule is NC(=NCc1ccccc1)NC(=O)c1cc(Cl)c(N)cc1N. The van der Waals surface area contributed by atoms with E-state index in [0.29, 0.717) is 12.2 Å². The number of nitrogen functional groups attached to an aromatic ring is 2. The summed E-state index contributed by atoms with van der Waals surface area (Å²) >= 11 is 5.89. The zero-order chi connectivity index (χ0) is 16.1. The van der Waals surface area contributed by atoms with Gasteiger partial charge in [-0.3, -0.25) is 10.1 Å². The van der Waals surface area contributed by atoms with Crippen molar-refractivity contribution in [2.24, 2.45) is 10.7 Å². The zero-order valence-electron chi connectivity index (χ0n) is 11.7. The molecule has 22 heavy (non-hydrogen) atoms. The highest BCUT2D eigenvalue weighted by atomic mass is 35.5. The van der Waals surface area contributed by atoms with Crippen LogP contribution in [0.5, 0.6) is 0 Å². The summed E-state index contributed by atoms with van der Waals surface area (Å²) in [6, 6.07) is 12.4. The van der Waals surface area contributed by atoms with E-state index in [1.807, 2.05) is 30.3 Å². The minimum absolute atomic E-state index is 0.00111. The summed E-state index contributed by atoms with van der Waals surface area (Å²) in [5, 5.41) is 2.71. The van der Waals surface area contributed by atoms with Gasteiger partial charge >= 0.3 is 0 Å². The lowest BCUT2D eigenvalue weighted by Gasteiger charge is -2.09. The van der Waals surface area contributed by atoms with Crippen molar-refractivity contribution in [1.82, 2.24) is 5.32 Å². The first-order valence-electron chi connectivity index (χ1n) is 6.47. The predicted octanol–water partition coefficient (Wildman–Crippen LogP) is 1.75. The number of halogens is 1. The molecule has 2 rings (SSSR count). The summed E-state index contributed by atoms with van der Waals surface area (Å²) in [6.45, 7) is 0.366. The van der Waals surface area contributed by atoms with Crippen molar-refractivity contribution in [3.8, 4) is 0 Å². The number of benzene rings is 2. The van der Waals surface area contributed by atoms with Crippen LogP contribution in [0.25, 0.3) is 0 Å². The van der Waals surface area contributed by atoms with Gasteiger partial charge in [-0.1, -0.05) is 41.9 Å². The fourth-order valence-electron chi connectivity index (χ4n) is 1.79. The van der Waals surface area contributed by atoms with Crippen LogP contribution in [0.3, 0.4) is 0 Å². The molecule has 2 aromatic rings. The van der Waals surface area contributed by atoms with Crippen LogP contribution in [-0.2, 0) is 6.54 Å². The molecule has 0 aliphatic heterocycles. The van der Waals surface area contributed by atoms with Gasteiger partial charge in [-0.05, 0) is 17.7 Å². The Morgan fingerprint density at radius 1 is 1.14 bits per heavy atom. The second-order valence-electron chi connectivity index (χ2n) is 4.60. The number of hydrogen-bond acceptors (Lipinski definition) is 4. The Bertz CT molecular complexity index is 715. The van der Waals surface area contributed by atoms with Gasteiger partial charge in [0, 0.05) is 5.69 Å². The van der Waals surface area contributed by atoms with Gasteiger partial charge in [-0.15, -0.1) is 0 Å². The highest BCUT2D eigenvalue weighted by Gasteiger charge is 2.13. The van der Waals surface area contributed by atoms with Crippen molar-refractivity contribution in [1.29, 1.82) is 0 Å². The van der Waals surface area contributed by atoms with Gasteiger partial charge in [0.2, 0.25) is 0 Å². The molecule has 0 atom stereocenters. The van der Waals surface area contributed by atoms with Crippen LogP contribution in [0.4, 0.5) is 11.4 Å². The van der Waals surface area contributed by atoms with Crippen molar-refractivity contribution in [2.45, 2.75) is 6.54 Å². The summed E-state index contributed by atoms with van der Waals surface area (Å²) in [6.07, 6.45) is 0. The second kappa shape index (κ2) is 6.82. The number of carbonyl (C=O) groups is 1. The third-order valence-electron chi connectivity index (χ3n) is 2.93. The fraction of sp³-hybridized carbons (Fsp3) is 0.0667. The van der Waals surface area contributed by atoms with Crippen LogP contribution in [-0.4, -0.2) is 11.9 Å². The van der Waals surface area contributed by atoms with E-state index in [1.165, 1.54) is 12.1 Å². The molecule has 7 heteroatoms. The van der Waals surface area contributed by atoms with E-state index in [4.69, 9.17) is 28.8 Å². The van der Waals surface area contributed by atoms with Gasteiger partial charge in [-0.2, -0.15) is 0 Å². The number of carbonyl (C=O) groups excluding carboxylic acids is 1. The largest absolute Gasteiger partial charge is 0.398 e. The van der Waals surface area contributed by atoms with E-state index in [9.17, 15) is 4.79 Å². The smallest absolute Gasteiger partial charge is 0.260 e. The van der Waals surface area contributed by atoms with Crippen LogP contribution in [0.1, 0.15) is 15.9 Å². The van der Waals surface area contributed by atoms with Gasteiger partial charge < -0.3 is 17.2 Å². The fourth-order valence-corrected chi connectivity index (χ4v) is 1.95. The maximum absolute atomic E-state index is 12.1. The third-order valence-corrected chi connectivity index (χ3v) is 3.26. The summed E-state index contributed by atoms with van der Waals surface area (Å²) in [5.41, 5.74) is 18.8. The number of rotatable bonds is 3. The maximum atomic E-state index is 12.1. The standard InChI is InChI=1S/C15H16ClN5O/c16-11-6-10(12(17)7-13(11)18)14(22)21-15(19)20-8-9-4-2-1-3-5-9/h1-7H,8,17-18H2,(H3,19,20,21,22). The molecule has 0 aliphatic carbocycles. The van der Waals surface area contributed by atoms with Crippen molar-refractivity contribution < 1.29 is 4.79 Å². The summed E-state index contributed by atoms with van der Waals surface area (Å²) in [7, 11) is 0. The van der Waals surface area contributed by atoms with Gasteiger partial charge in [0.25, 0.3) is 5.91 Å². The van der Waals surface area contributed by atoms with Gasteiger partial charge in [0.05, 0.1) is 22.8 Å². The molecule has 6 nitrogen and oxygen atoms in total. The monoisotopic (exact) mass is 317 g/mol. The maximum Gasteiger partial charge on any atom is 0.260 e. The Hall–Kier alpha value is -2.73. The number of nitrogens with one attached hydrogen (secondary N) is 1. The third kappa shape index (κ3) is 3.89. The lowest BCUT2D eigenvalue weighted by Crippen LogP contribution is -2.37. The number of amides is 1. The molecule has 0 saturated heterocycles. The van der Waals surface area contributed by atoms with E-state index in [-0.39, 0.29) is 22.2 Å². The lowest BCUT2D eigenvalue weighted by atomic mass is 10.1. The molecule has 0 radical (unpaired) electrons. The van der Waals surface area contributed by atoms with E-state index >= 15 is 0 Å². The van der Waals surface area contributed by atoms with Gasteiger partial charge in [0.15, 0.2) is 5.96 Å². The van der Waals surface area contributed by atoms with E-state index in [0.717, 1.165) is 5.56 Å². The number of nitrogens with zero attached hydrogens (tertiary/aromatic N) is 1. The number of nitrogens with two attached hydrogens (primary N) is 3. The number of anilines is 2. The summed E-state index contributed by atoms with van der Waals surface area (Å²) in [4.78, 5) is 16.2. The van der Waals surface area contributed by atoms with Crippen LogP contribution < -0.4 is 22.5 Å². The summed E-state index contributed by atoms with van der Waals surface area (Å²) < 4.78 is 0. The molecular weight excluding hydrogens is 302 g/mol. The number of guanidine groups is 1. The average molecular weight is 318 g/mol. The molecule has 0 heterocycles.